The van der Waals surface area contributed by atoms with Crippen LogP contribution in [-0.4, -0.2) is 36.7 Å². The zero-order valence-corrected chi connectivity index (χ0v) is 11.3. The largest absolute Gasteiger partial charge is 0.481 e. The van der Waals surface area contributed by atoms with Crippen molar-refractivity contribution in [3.05, 3.63) is 35.4 Å². The number of rotatable bonds is 5. The van der Waals surface area contributed by atoms with Crippen LogP contribution in [0.25, 0.3) is 5.69 Å². The Morgan fingerprint density at radius 2 is 2.24 bits per heavy atom. The molecule has 1 aromatic carbocycles. The number of carbonyl (C=O) groups is 1. The lowest BCUT2D eigenvalue weighted by Crippen LogP contribution is -2.07. The van der Waals surface area contributed by atoms with Crippen molar-refractivity contribution in [1.82, 2.24) is 14.8 Å². The summed E-state index contributed by atoms with van der Waals surface area (Å²) >= 11 is 0.852. The lowest BCUT2D eigenvalue weighted by molar-refractivity contribution is -0.133. The second-order valence-corrected chi connectivity index (χ2v) is 4.80. The molecule has 2 N–H and O–H groups in total. The fourth-order valence-corrected chi connectivity index (χ4v) is 2.31. The Bertz CT molecular complexity index is 726. The maximum absolute atomic E-state index is 14.1. The first-order valence-electron chi connectivity index (χ1n) is 5.66. The normalized spacial score (nSPS) is 10.3. The van der Waals surface area contributed by atoms with Crippen molar-refractivity contribution < 1.29 is 19.4 Å². The molecule has 0 saturated heterocycles. The summed E-state index contributed by atoms with van der Waals surface area (Å²) in [7, 11) is 0. The van der Waals surface area contributed by atoms with E-state index in [0.717, 1.165) is 17.8 Å². The van der Waals surface area contributed by atoms with Crippen molar-refractivity contribution in [3.8, 4) is 11.8 Å². The second kappa shape index (κ2) is 6.34. The van der Waals surface area contributed by atoms with Crippen LogP contribution < -0.4 is 0 Å². The number of aliphatic hydroxyl groups is 1. The lowest BCUT2D eigenvalue weighted by atomic mass is 10.2. The van der Waals surface area contributed by atoms with E-state index in [1.165, 1.54) is 16.7 Å². The average Bonchev–Trinajstić information content (AvgIpc) is 2.87. The van der Waals surface area contributed by atoms with Gasteiger partial charge < -0.3 is 10.2 Å². The number of benzene rings is 1. The van der Waals surface area contributed by atoms with Crippen LogP contribution >= 0.6 is 11.8 Å². The van der Waals surface area contributed by atoms with Gasteiger partial charge in [0.15, 0.2) is 11.0 Å². The molecule has 0 amide bonds. The molecule has 2 aromatic rings. The predicted molar refractivity (Wildman–Crippen MR) is 70.3 cm³/mol. The summed E-state index contributed by atoms with van der Waals surface area (Å²) in [5, 5.41) is 34.2. The maximum Gasteiger partial charge on any atom is 0.313 e. The fourth-order valence-electron chi connectivity index (χ4n) is 1.62. The molecule has 0 bridgehead atoms. The van der Waals surface area contributed by atoms with Gasteiger partial charge in [0.05, 0.1) is 23.1 Å². The van der Waals surface area contributed by atoms with E-state index >= 15 is 0 Å². The Hall–Kier alpha value is -2.44. The minimum Gasteiger partial charge on any atom is -0.481 e. The molecule has 0 aliphatic carbocycles. The van der Waals surface area contributed by atoms with E-state index < -0.39 is 18.4 Å². The van der Waals surface area contributed by atoms with Gasteiger partial charge in [0.1, 0.15) is 12.4 Å². The van der Waals surface area contributed by atoms with E-state index in [0.29, 0.717) is 0 Å². The van der Waals surface area contributed by atoms with Crippen molar-refractivity contribution >= 4 is 17.7 Å². The van der Waals surface area contributed by atoms with Gasteiger partial charge in [-0.05, 0) is 18.2 Å². The Labute approximate surface area is 122 Å². The maximum atomic E-state index is 14.1. The number of aliphatic carboxylic acids is 1. The van der Waals surface area contributed by atoms with Gasteiger partial charge in [-0.15, -0.1) is 10.2 Å². The van der Waals surface area contributed by atoms with Crippen LogP contribution in [0.15, 0.2) is 23.4 Å². The number of halogens is 1. The van der Waals surface area contributed by atoms with Crippen molar-refractivity contribution in [2.24, 2.45) is 0 Å². The van der Waals surface area contributed by atoms with Crippen LogP contribution in [0.1, 0.15) is 11.4 Å². The molecule has 0 atom stereocenters. The summed E-state index contributed by atoms with van der Waals surface area (Å²) in [4.78, 5) is 10.6. The van der Waals surface area contributed by atoms with E-state index in [1.54, 1.807) is 0 Å². The highest BCUT2D eigenvalue weighted by Gasteiger charge is 2.18. The van der Waals surface area contributed by atoms with Crippen LogP contribution in [0.5, 0.6) is 0 Å². The number of aliphatic hydroxyl groups excluding tert-OH is 1. The average molecular weight is 308 g/mol. The number of hydrogen-bond acceptors (Lipinski definition) is 6. The molecule has 2 rings (SSSR count). The third-order valence-corrected chi connectivity index (χ3v) is 3.40. The van der Waals surface area contributed by atoms with E-state index in [2.05, 4.69) is 10.2 Å². The molecule has 7 nitrogen and oxygen atoms in total. The Kier molecular flexibility index (Phi) is 4.52. The standard InChI is InChI=1S/C12H9FN4O3S/c13-8-3-7(4-14)1-2-9(8)17-10(5-18)15-16-12(17)21-6-11(19)20/h1-3,18H,5-6H2,(H,19,20). The minimum atomic E-state index is -1.06. The minimum absolute atomic E-state index is 0.0379. The first-order valence-corrected chi connectivity index (χ1v) is 6.65. The summed E-state index contributed by atoms with van der Waals surface area (Å²) in [5.41, 5.74) is 0.186. The lowest BCUT2D eigenvalue weighted by Gasteiger charge is -2.09. The second-order valence-electron chi connectivity index (χ2n) is 3.85. The predicted octanol–water partition coefficient (Wildman–Crippen LogP) is 0.947. The van der Waals surface area contributed by atoms with Crippen molar-refractivity contribution in [3.63, 3.8) is 0 Å². The zero-order chi connectivity index (χ0) is 15.4. The summed E-state index contributed by atoms with van der Waals surface area (Å²) in [6.07, 6.45) is 0. The van der Waals surface area contributed by atoms with Crippen molar-refractivity contribution in [2.45, 2.75) is 11.8 Å². The van der Waals surface area contributed by atoms with Gasteiger partial charge in [-0.25, -0.2) is 4.39 Å². The molecular weight excluding hydrogens is 299 g/mol. The number of carboxylic acids is 1. The van der Waals surface area contributed by atoms with E-state index in [-0.39, 0.29) is 28.0 Å². The Balaban J connectivity index is 2.49. The molecule has 0 aliphatic heterocycles. The molecular formula is C12H9FN4O3S. The van der Waals surface area contributed by atoms with E-state index in [4.69, 9.17) is 10.4 Å². The smallest absolute Gasteiger partial charge is 0.313 e. The molecule has 0 unspecified atom stereocenters. The van der Waals surface area contributed by atoms with Crippen molar-refractivity contribution in [1.29, 1.82) is 5.26 Å². The van der Waals surface area contributed by atoms with Gasteiger partial charge in [0.2, 0.25) is 0 Å². The third-order valence-electron chi connectivity index (χ3n) is 2.48. The molecule has 0 fully saturated rings. The number of aromatic nitrogens is 3. The van der Waals surface area contributed by atoms with Crippen LogP contribution in [0, 0.1) is 17.1 Å². The van der Waals surface area contributed by atoms with Gasteiger partial charge in [0.25, 0.3) is 0 Å². The number of carboxylic acid groups (broad SMARTS) is 1. The highest BCUT2D eigenvalue weighted by atomic mass is 32.2. The monoisotopic (exact) mass is 308 g/mol. The highest BCUT2D eigenvalue weighted by molar-refractivity contribution is 7.99. The third kappa shape index (κ3) is 3.18. The molecule has 9 heteroatoms. The number of thioether (sulfide) groups is 1. The molecule has 21 heavy (non-hydrogen) atoms. The first-order chi connectivity index (χ1) is 10.1. The quantitative estimate of drug-likeness (QED) is 0.791. The summed E-state index contributed by atoms with van der Waals surface area (Å²) < 4.78 is 15.3. The molecule has 0 radical (unpaired) electrons. The summed E-state index contributed by atoms with van der Waals surface area (Å²) in [6, 6.07) is 5.61. The molecule has 108 valence electrons. The molecule has 1 aromatic heterocycles. The Morgan fingerprint density at radius 3 is 2.81 bits per heavy atom. The van der Waals surface area contributed by atoms with Crippen LogP contribution in [-0.2, 0) is 11.4 Å². The van der Waals surface area contributed by atoms with Gasteiger partial charge in [0, 0.05) is 0 Å². The van der Waals surface area contributed by atoms with Gasteiger partial charge in [-0.3, -0.25) is 9.36 Å². The zero-order valence-electron chi connectivity index (χ0n) is 10.5. The van der Waals surface area contributed by atoms with Gasteiger partial charge in [-0.1, -0.05) is 11.8 Å². The summed E-state index contributed by atoms with van der Waals surface area (Å²) in [6.45, 7) is -0.486. The van der Waals surface area contributed by atoms with Crippen LogP contribution in [0.2, 0.25) is 0 Å². The molecule has 0 spiro atoms. The highest BCUT2D eigenvalue weighted by Crippen LogP contribution is 2.24. The van der Waals surface area contributed by atoms with Crippen molar-refractivity contribution in [2.75, 3.05) is 5.75 Å². The number of hydrogen-bond donors (Lipinski definition) is 2. The van der Waals surface area contributed by atoms with Gasteiger partial charge in [-0.2, -0.15) is 5.26 Å². The molecule has 1 heterocycles. The van der Waals surface area contributed by atoms with E-state index in [1.807, 2.05) is 6.07 Å². The fraction of sp³-hybridized carbons (Fsp3) is 0.167. The Morgan fingerprint density at radius 1 is 1.48 bits per heavy atom. The SMILES string of the molecule is N#Cc1ccc(-n2c(CO)nnc2SCC(=O)O)c(F)c1. The van der Waals surface area contributed by atoms with E-state index in [9.17, 15) is 14.3 Å². The summed E-state index contributed by atoms with van der Waals surface area (Å²) in [5.74, 6) is -1.95. The van der Waals surface area contributed by atoms with Crippen LogP contribution in [0.4, 0.5) is 4.39 Å². The number of nitrogens with zero attached hydrogens (tertiary/aromatic N) is 4. The number of nitriles is 1. The first kappa shape index (κ1) is 15.0. The topological polar surface area (TPSA) is 112 Å². The molecule has 0 saturated carbocycles. The van der Waals surface area contributed by atoms with Gasteiger partial charge >= 0.3 is 5.97 Å². The van der Waals surface area contributed by atoms with Crippen LogP contribution in [0.3, 0.4) is 0 Å². The molecule has 0 aliphatic rings.